The Morgan fingerprint density at radius 2 is 1.74 bits per heavy atom. The zero-order valence-corrected chi connectivity index (χ0v) is 17.8. The zero-order valence-electron chi connectivity index (χ0n) is 15.7. The van der Waals surface area contributed by atoms with E-state index in [1.54, 1.807) is 24.3 Å². The number of amides is 1. The van der Waals surface area contributed by atoms with Crippen molar-refractivity contribution in [1.82, 2.24) is 14.4 Å². The Labute approximate surface area is 188 Å². The maximum atomic E-state index is 13.1. The summed E-state index contributed by atoms with van der Waals surface area (Å²) in [7, 11) is 0. The number of imidazole rings is 1. The third kappa shape index (κ3) is 4.74. The fourth-order valence-electron chi connectivity index (χ4n) is 2.81. The highest BCUT2D eigenvalue weighted by atomic mass is 127. The number of halogens is 4. The molecule has 0 fully saturated rings. The van der Waals surface area contributed by atoms with E-state index in [1.807, 2.05) is 28.9 Å². The van der Waals surface area contributed by atoms with Crippen LogP contribution in [-0.2, 0) is 4.79 Å². The standard InChI is InChI=1S/C21H13F3IN5O/c22-21(23,24)20(31)30(27-11-14-7-9-26-10-8-14)17-4-1-15(2-5-17)18-13-29-12-16(25)3-6-19(29)28-18/h1-13H/b27-11-. The fraction of sp³-hybridized carbons (Fsp3) is 0.0476. The van der Waals surface area contributed by atoms with Crippen molar-refractivity contribution in [3.05, 3.63) is 82.5 Å². The van der Waals surface area contributed by atoms with E-state index < -0.39 is 12.1 Å². The highest BCUT2D eigenvalue weighted by molar-refractivity contribution is 14.1. The smallest absolute Gasteiger partial charge is 0.305 e. The predicted octanol–water partition coefficient (Wildman–Crippen LogP) is 4.93. The molecule has 1 aromatic carbocycles. The lowest BCUT2D eigenvalue weighted by Crippen LogP contribution is -2.38. The number of fused-ring (bicyclic) bond motifs is 1. The molecule has 31 heavy (non-hydrogen) atoms. The maximum absolute atomic E-state index is 13.1. The molecule has 0 aliphatic carbocycles. The van der Waals surface area contributed by atoms with E-state index in [0.717, 1.165) is 9.22 Å². The van der Waals surface area contributed by atoms with Gasteiger partial charge in [-0.2, -0.15) is 23.3 Å². The molecule has 3 aromatic heterocycles. The second-order valence-electron chi connectivity index (χ2n) is 6.43. The van der Waals surface area contributed by atoms with E-state index in [9.17, 15) is 18.0 Å². The van der Waals surface area contributed by atoms with Gasteiger partial charge in [-0.3, -0.25) is 9.78 Å². The number of nitrogens with zero attached hydrogens (tertiary/aromatic N) is 5. The Bertz CT molecular complexity index is 1250. The van der Waals surface area contributed by atoms with Crippen LogP contribution < -0.4 is 5.01 Å². The van der Waals surface area contributed by atoms with Crippen molar-refractivity contribution in [3.8, 4) is 11.3 Å². The predicted molar refractivity (Wildman–Crippen MR) is 119 cm³/mol. The number of rotatable bonds is 4. The molecule has 0 N–H and O–H groups in total. The van der Waals surface area contributed by atoms with Crippen molar-refractivity contribution >= 4 is 46.0 Å². The molecule has 4 aromatic rings. The summed E-state index contributed by atoms with van der Waals surface area (Å²) in [5.41, 5.74) is 2.58. The molecular weight excluding hydrogens is 522 g/mol. The molecule has 0 bridgehead atoms. The summed E-state index contributed by atoms with van der Waals surface area (Å²) < 4.78 is 42.3. The zero-order chi connectivity index (χ0) is 22.0. The first-order valence-corrected chi connectivity index (χ1v) is 9.99. The SMILES string of the molecule is O=C(N(/N=C\c1ccncc1)c1ccc(-c2cn3cc(I)ccc3n2)cc1)C(F)(F)F. The minimum Gasteiger partial charge on any atom is -0.305 e. The van der Waals surface area contributed by atoms with Crippen LogP contribution in [0.1, 0.15) is 5.56 Å². The highest BCUT2D eigenvalue weighted by Crippen LogP contribution is 2.27. The number of alkyl halides is 3. The van der Waals surface area contributed by atoms with Crippen molar-refractivity contribution < 1.29 is 18.0 Å². The van der Waals surface area contributed by atoms with E-state index in [0.29, 0.717) is 21.8 Å². The Morgan fingerprint density at radius 3 is 2.42 bits per heavy atom. The number of hydrogen-bond donors (Lipinski definition) is 0. The molecular formula is C21H13F3IN5O. The van der Waals surface area contributed by atoms with Gasteiger partial charge in [-0.05, 0) is 64.6 Å². The van der Waals surface area contributed by atoms with Gasteiger partial charge in [0.15, 0.2) is 0 Å². The van der Waals surface area contributed by atoms with Crippen LogP contribution in [0.4, 0.5) is 18.9 Å². The molecule has 3 heterocycles. The molecule has 6 nitrogen and oxygen atoms in total. The molecule has 0 atom stereocenters. The van der Waals surface area contributed by atoms with Crippen LogP contribution in [0.5, 0.6) is 0 Å². The second-order valence-corrected chi connectivity index (χ2v) is 7.67. The third-order valence-electron chi connectivity index (χ3n) is 4.29. The molecule has 156 valence electrons. The molecule has 0 unspecified atom stereocenters. The Morgan fingerprint density at radius 1 is 1.03 bits per heavy atom. The van der Waals surface area contributed by atoms with Crippen LogP contribution >= 0.6 is 22.6 Å². The van der Waals surface area contributed by atoms with Gasteiger partial charge in [0.1, 0.15) is 5.65 Å². The number of anilines is 1. The lowest BCUT2D eigenvalue weighted by Gasteiger charge is -2.18. The number of carbonyl (C=O) groups excluding carboxylic acids is 1. The van der Waals surface area contributed by atoms with Crippen LogP contribution in [0.15, 0.2) is 78.4 Å². The molecule has 0 aliphatic rings. The van der Waals surface area contributed by atoms with Gasteiger partial charge in [-0.25, -0.2) is 4.98 Å². The van der Waals surface area contributed by atoms with Gasteiger partial charge < -0.3 is 4.40 Å². The molecule has 1 amide bonds. The van der Waals surface area contributed by atoms with Gasteiger partial charge in [0.25, 0.3) is 0 Å². The summed E-state index contributed by atoms with van der Waals surface area (Å²) in [4.78, 5) is 20.3. The maximum Gasteiger partial charge on any atom is 0.473 e. The topological polar surface area (TPSA) is 62.9 Å². The highest BCUT2D eigenvalue weighted by Gasteiger charge is 2.43. The summed E-state index contributed by atoms with van der Waals surface area (Å²) in [6.07, 6.45) is 2.78. The summed E-state index contributed by atoms with van der Waals surface area (Å²) >= 11 is 2.19. The van der Waals surface area contributed by atoms with E-state index in [4.69, 9.17) is 0 Å². The number of carbonyl (C=O) groups is 1. The normalized spacial score (nSPS) is 11.9. The Kier molecular flexibility index (Phi) is 5.72. The molecule has 0 spiro atoms. The third-order valence-corrected chi connectivity index (χ3v) is 4.92. The lowest BCUT2D eigenvalue weighted by molar-refractivity contribution is -0.170. The van der Waals surface area contributed by atoms with Crippen molar-refractivity contribution in [1.29, 1.82) is 0 Å². The largest absolute Gasteiger partial charge is 0.473 e. The van der Waals surface area contributed by atoms with Crippen LogP contribution in [0.2, 0.25) is 0 Å². The van der Waals surface area contributed by atoms with Gasteiger partial charge >= 0.3 is 12.1 Å². The van der Waals surface area contributed by atoms with Crippen molar-refractivity contribution in [2.45, 2.75) is 6.18 Å². The molecule has 0 aliphatic heterocycles. The number of aromatic nitrogens is 3. The van der Waals surface area contributed by atoms with Gasteiger partial charge in [0.05, 0.1) is 17.6 Å². The molecule has 4 rings (SSSR count). The van der Waals surface area contributed by atoms with Crippen LogP contribution in [0, 0.1) is 3.57 Å². The van der Waals surface area contributed by atoms with Crippen LogP contribution in [0.3, 0.4) is 0 Å². The van der Waals surface area contributed by atoms with Crippen molar-refractivity contribution in [2.24, 2.45) is 5.10 Å². The fourth-order valence-corrected chi connectivity index (χ4v) is 3.29. The van der Waals surface area contributed by atoms with E-state index in [2.05, 4.69) is 37.7 Å². The molecule has 0 saturated heterocycles. The number of benzene rings is 1. The first-order chi connectivity index (χ1) is 14.8. The summed E-state index contributed by atoms with van der Waals surface area (Å²) in [6.45, 7) is 0. The van der Waals surface area contributed by atoms with Crippen LogP contribution in [0.25, 0.3) is 16.9 Å². The lowest BCUT2D eigenvalue weighted by atomic mass is 10.1. The monoisotopic (exact) mass is 535 g/mol. The Balaban J connectivity index is 1.66. The summed E-state index contributed by atoms with van der Waals surface area (Å²) in [5, 5.41) is 4.10. The average Bonchev–Trinajstić information content (AvgIpc) is 3.17. The minimum absolute atomic E-state index is 0.0188. The van der Waals surface area contributed by atoms with E-state index in [-0.39, 0.29) is 5.69 Å². The van der Waals surface area contributed by atoms with Gasteiger partial charge in [-0.1, -0.05) is 12.1 Å². The summed E-state index contributed by atoms with van der Waals surface area (Å²) in [5.74, 6) is -2.09. The number of hydrazone groups is 1. The first kappa shape index (κ1) is 21.0. The van der Waals surface area contributed by atoms with E-state index in [1.165, 1.54) is 30.7 Å². The van der Waals surface area contributed by atoms with Crippen molar-refractivity contribution in [3.63, 3.8) is 0 Å². The number of hydrogen-bond acceptors (Lipinski definition) is 4. The van der Waals surface area contributed by atoms with Crippen molar-refractivity contribution in [2.75, 3.05) is 5.01 Å². The average molecular weight is 535 g/mol. The minimum atomic E-state index is -5.08. The Hall–Kier alpha value is -3.28. The number of pyridine rings is 2. The van der Waals surface area contributed by atoms with Gasteiger partial charge in [0.2, 0.25) is 0 Å². The quantitative estimate of drug-likeness (QED) is 0.212. The van der Waals surface area contributed by atoms with E-state index >= 15 is 0 Å². The first-order valence-electron chi connectivity index (χ1n) is 8.91. The van der Waals surface area contributed by atoms with Gasteiger partial charge in [-0.15, -0.1) is 0 Å². The van der Waals surface area contributed by atoms with Crippen LogP contribution in [-0.4, -0.2) is 32.7 Å². The molecule has 0 saturated carbocycles. The second kappa shape index (κ2) is 8.46. The molecule has 0 radical (unpaired) electrons. The van der Waals surface area contributed by atoms with Gasteiger partial charge in [0, 0.05) is 33.9 Å². The molecule has 10 heteroatoms. The summed E-state index contributed by atoms with van der Waals surface area (Å²) in [6, 6.07) is 12.9.